The molecule has 0 bridgehead atoms. The van der Waals surface area contributed by atoms with Gasteiger partial charge in [-0.15, -0.1) is 12.4 Å². The minimum atomic E-state index is -0.213. The van der Waals surface area contributed by atoms with E-state index in [1.165, 1.54) is 12.1 Å². The highest BCUT2D eigenvalue weighted by molar-refractivity contribution is 5.85. The second-order valence-electron chi connectivity index (χ2n) is 3.36. The Balaban J connectivity index is 0.00000128. The molecule has 0 aliphatic rings. The molecule has 0 aliphatic carbocycles. The Kier molecular flexibility index (Phi) is 4.31. The van der Waals surface area contributed by atoms with Crippen molar-refractivity contribution in [1.29, 1.82) is 0 Å². The van der Waals surface area contributed by atoms with Crippen LogP contribution in [0.2, 0.25) is 0 Å². The first kappa shape index (κ1) is 12.5. The minimum Gasteiger partial charge on any atom is -0.365 e. The van der Waals surface area contributed by atoms with Crippen LogP contribution in [0.4, 0.5) is 10.2 Å². The molecule has 0 unspecified atom stereocenters. The topological polar surface area (TPSA) is 29.9 Å². The first-order chi connectivity index (χ1) is 7.24. The number of anilines is 1. The van der Waals surface area contributed by atoms with Gasteiger partial charge in [0.15, 0.2) is 0 Å². The normalized spacial score (nSPS) is 9.62. The summed E-state index contributed by atoms with van der Waals surface area (Å²) in [5, 5.41) is 7.27. The number of aromatic nitrogens is 2. The van der Waals surface area contributed by atoms with Gasteiger partial charge in [-0.3, -0.25) is 4.68 Å². The Hall–Kier alpha value is -1.55. The Morgan fingerprint density at radius 1 is 1.38 bits per heavy atom. The lowest BCUT2D eigenvalue weighted by molar-refractivity contribution is 0.626. The molecule has 5 heteroatoms. The van der Waals surface area contributed by atoms with E-state index in [1.54, 1.807) is 10.7 Å². The van der Waals surface area contributed by atoms with Gasteiger partial charge in [0.05, 0.1) is 0 Å². The quantitative estimate of drug-likeness (QED) is 0.895. The molecule has 0 atom stereocenters. The third kappa shape index (κ3) is 3.24. The van der Waals surface area contributed by atoms with Crippen molar-refractivity contribution in [2.24, 2.45) is 7.05 Å². The van der Waals surface area contributed by atoms with E-state index in [4.69, 9.17) is 0 Å². The van der Waals surface area contributed by atoms with Crippen molar-refractivity contribution < 1.29 is 4.39 Å². The van der Waals surface area contributed by atoms with E-state index in [2.05, 4.69) is 10.4 Å². The predicted octanol–water partition coefficient (Wildman–Crippen LogP) is 2.59. The first-order valence-corrected chi connectivity index (χ1v) is 4.72. The van der Waals surface area contributed by atoms with Crippen molar-refractivity contribution in [3.8, 4) is 0 Å². The van der Waals surface area contributed by atoms with Crippen molar-refractivity contribution in [1.82, 2.24) is 9.78 Å². The van der Waals surface area contributed by atoms with Crippen LogP contribution in [-0.2, 0) is 13.6 Å². The fourth-order valence-corrected chi connectivity index (χ4v) is 1.35. The molecule has 3 nitrogen and oxygen atoms in total. The first-order valence-electron chi connectivity index (χ1n) is 4.72. The highest BCUT2D eigenvalue weighted by Crippen LogP contribution is 2.07. The number of nitrogens with zero attached hydrogens (tertiary/aromatic N) is 2. The average Bonchev–Trinajstić information content (AvgIpc) is 2.62. The van der Waals surface area contributed by atoms with E-state index < -0.39 is 0 Å². The van der Waals surface area contributed by atoms with E-state index in [9.17, 15) is 4.39 Å². The smallest absolute Gasteiger partial charge is 0.148 e. The van der Waals surface area contributed by atoms with Crippen molar-refractivity contribution in [3.05, 3.63) is 47.9 Å². The lowest BCUT2D eigenvalue weighted by Crippen LogP contribution is -2.01. The summed E-state index contributed by atoms with van der Waals surface area (Å²) in [6.07, 6.45) is 1.86. The molecular formula is C11H13ClFN3. The molecule has 1 N–H and O–H groups in total. The highest BCUT2D eigenvalue weighted by Gasteiger charge is 1.97. The van der Waals surface area contributed by atoms with Gasteiger partial charge in [-0.2, -0.15) is 5.10 Å². The van der Waals surface area contributed by atoms with Crippen molar-refractivity contribution in [2.75, 3.05) is 5.32 Å². The number of aryl methyl sites for hydroxylation is 1. The molecule has 0 radical (unpaired) electrons. The van der Waals surface area contributed by atoms with Crippen LogP contribution in [-0.4, -0.2) is 9.78 Å². The fourth-order valence-electron chi connectivity index (χ4n) is 1.35. The van der Waals surface area contributed by atoms with Gasteiger partial charge in [-0.05, 0) is 17.7 Å². The summed E-state index contributed by atoms with van der Waals surface area (Å²) in [4.78, 5) is 0. The summed E-state index contributed by atoms with van der Waals surface area (Å²) in [6.45, 7) is 0.578. The molecule has 2 aromatic rings. The van der Waals surface area contributed by atoms with Crippen LogP contribution >= 0.6 is 12.4 Å². The Labute approximate surface area is 99.7 Å². The van der Waals surface area contributed by atoms with Crippen molar-refractivity contribution >= 4 is 18.2 Å². The average molecular weight is 242 g/mol. The third-order valence-corrected chi connectivity index (χ3v) is 2.08. The Morgan fingerprint density at radius 3 is 2.81 bits per heavy atom. The van der Waals surface area contributed by atoms with Crippen LogP contribution in [0.15, 0.2) is 36.5 Å². The maximum atomic E-state index is 12.8. The summed E-state index contributed by atoms with van der Waals surface area (Å²) >= 11 is 0. The number of nitrogens with one attached hydrogen (secondary N) is 1. The summed E-state index contributed by atoms with van der Waals surface area (Å²) in [5.41, 5.74) is 0.903. The largest absolute Gasteiger partial charge is 0.365 e. The molecule has 2 rings (SSSR count). The molecule has 1 aromatic heterocycles. The predicted molar refractivity (Wildman–Crippen MR) is 64.2 cm³/mol. The zero-order valence-electron chi connectivity index (χ0n) is 8.85. The van der Waals surface area contributed by atoms with Crippen molar-refractivity contribution in [3.63, 3.8) is 0 Å². The van der Waals surface area contributed by atoms with Gasteiger partial charge in [-0.25, -0.2) is 4.39 Å². The molecule has 16 heavy (non-hydrogen) atoms. The number of halogens is 2. The van der Waals surface area contributed by atoms with E-state index >= 15 is 0 Å². The molecule has 1 heterocycles. The second-order valence-corrected chi connectivity index (χ2v) is 3.36. The lowest BCUT2D eigenvalue weighted by Gasteiger charge is -2.02. The van der Waals surface area contributed by atoms with E-state index in [0.29, 0.717) is 6.54 Å². The highest BCUT2D eigenvalue weighted by atomic mass is 35.5. The summed E-state index contributed by atoms with van der Waals surface area (Å²) in [7, 11) is 1.85. The van der Waals surface area contributed by atoms with E-state index in [0.717, 1.165) is 11.4 Å². The SMILES string of the molecule is Cl.Cn1ccc(NCc2cccc(F)c2)n1. The summed E-state index contributed by atoms with van der Waals surface area (Å²) < 4.78 is 14.6. The van der Waals surface area contributed by atoms with Gasteiger partial charge in [0.2, 0.25) is 0 Å². The molecule has 0 amide bonds. The Bertz CT molecular complexity index is 456. The van der Waals surface area contributed by atoms with Crippen molar-refractivity contribution in [2.45, 2.75) is 6.54 Å². The van der Waals surface area contributed by atoms with Gasteiger partial charge in [0.25, 0.3) is 0 Å². The molecule has 0 aliphatic heterocycles. The summed E-state index contributed by atoms with van der Waals surface area (Å²) in [6, 6.07) is 8.39. The van der Waals surface area contributed by atoms with Crippen LogP contribution in [0.3, 0.4) is 0 Å². The third-order valence-electron chi connectivity index (χ3n) is 2.08. The van der Waals surface area contributed by atoms with Gasteiger partial charge in [0, 0.05) is 25.9 Å². The minimum absolute atomic E-state index is 0. The molecule has 0 saturated heterocycles. The van der Waals surface area contributed by atoms with Gasteiger partial charge < -0.3 is 5.32 Å². The molecule has 86 valence electrons. The van der Waals surface area contributed by atoms with Gasteiger partial charge >= 0.3 is 0 Å². The monoisotopic (exact) mass is 241 g/mol. The van der Waals surface area contributed by atoms with Gasteiger partial charge in [0.1, 0.15) is 11.6 Å². The van der Waals surface area contributed by atoms with Crippen LogP contribution in [0.25, 0.3) is 0 Å². The summed E-state index contributed by atoms with van der Waals surface area (Å²) in [5.74, 6) is 0.581. The molecule has 0 saturated carbocycles. The maximum Gasteiger partial charge on any atom is 0.148 e. The number of benzene rings is 1. The lowest BCUT2D eigenvalue weighted by atomic mass is 10.2. The van der Waals surface area contributed by atoms with E-state index in [-0.39, 0.29) is 18.2 Å². The number of hydrogen-bond donors (Lipinski definition) is 1. The zero-order valence-corrected chi connectivity index (χ0v) is 9.67. The number of rotatable bonds is 3. The zero-order chi connectivity index (χ0) is 10.7. The number of hydrogen-bond acceptors (Lipinski definition) is 2. The molecule has 1 aromatic carbocycles. The standard InChI is InChI=1S/C11H12FN3.ClH/c1-15-6-5-11(14-15)13-8-9-3-2-4-10(12)7-9;/h2-7H,8H2,1H3,(H,13,14);1H. The van der Waals surface area contributed by atoms with Crippen LogP contribution in [0.5, 0.6) is 0 Å². The van der Waals surface area contributed by atoms with Crippen LogP contribution < -0.4 is 5.32 Å². The molecule has 0 fully saturated rings. The fraction of sp³-hybridized carbons (Fsp3) is 0.182. The van der Waals surface area contributed by atoms with Gasteiger partial charge in [-0.1, -0.05) is 12.1 Å². The van der Waals surface area contributed by atoms with E-state index in [1.807, 2.05) is 25.4 Å². The molecule has 0 spiro atoms. The molecular weight excluding hydrogens is 229 g/mol. The van der Waals surface area contributed by atoms with Crippen LogP contribution in [0, 0.1) is 5.82 Å². The second kappa shape index (κ2) is 5.51. The Morgan fingerprint density at radius 2 is 2.19 bits per heavy atom. The maximum absolute atomic E-state index is 12.8. The van der Waals surface area contributed by atoms with Crippen LogP contribution in [0.1, 0.15) is 5.56 Å².